The maximum Gasteiger partial charge on any atom is 0.319 e. The molecule has 2 heterocycles. The van der Waals surface area contributed by atoms with Gasteiger partial charge in [0.05, 0.1) is 43.7 Å². The van der Waals surface area contributed by atoms with Gasteiger partial charge in [-0.05, 0) is 41.5 Å². The summed E-state index contributed by atoms with van der Waals surface area (Å²) >= 11 is 0. The van der Waals surface area contributed by atoms with Gasteiger partial charge < -0.3 is 38.0 Å². The molecule has 0 radical (unpaired) electrons. The zero-order valence-electron chi connectivity index (χ0n) is 18.7. The summed E-state index contributed by atoms with van der Waals surface area (Å²) < 4.78 is 46.1. The van der Waals surface area contributed by atoms with Crippen LogP contribution >= 0.6 is 7.82 Å². The van der Waals surface area contributed by atoms with E-state index in [0.29, 0.717) is 6.42 Å². The molecule has 2 rings (SSSR count). The number of aliphatic hydroxyl groups is 1. The van der Waals surface area contributed by atoms with Crippen molar-refractivity contribution in [2.75, 3.05) is 13.2 Å². The van der Waals surface area contributed by atoms with Crippen molar-refractivity contribution < 1.29 is 42.6 Å². The highest BCUT2D eigenvalue weighted by atomic mass is 31.2. The predicted octanol–water partition coefficient (Wildman–Crippen LogP) is 2.31. The fourth-order valence-corrected chi connectivity index (χ4v) is 4.80. The third-order valence-corrected chi connectivity index (χ3v) is 6.00. The van der Waals surface area contributed by atoms with Gasteiger partial charge in [0.2, 0.25) is 0 Å². The van der Waals surface area contributed by atoms with E-state index in [1.54, 1.807) is 6.92 Å². The first-order valence-corrected chi connectivity index (χ1v) is 11.9. The zero-order chi connectivity index (χ0) is 22.7. The Morgan fingerprint density at radius 2 is 1.90 bits per heavy atom. The monoisotopic (exact) mass is 451 g/mol. The van der Waals surface area contributed by atoms with Gasteiger partial charge in [0.1, 0.15) is 23.6 Å². The molecule has 2 aliphatic heterocycles. The highest BCUT2D eigenvalue weighted by molar-refractivity contribution is 7.46. The second kappa shape index (κ2) is 10.4. The van der Waals surface area contributed by atoms with Crippen molar-refractivity contribution in [3.63, 3.8) is 0 Å². The topological polar surface area (TPSA) is 116 Å². The van der Waals surface area contributed by atoms with Crippen LogP contribution in [0.5, 0.6) is 0 Å². The number of rotatable bonds is 11. The van der Waals surface area contributed by atoms with Gasteiger partial charge in [-0.25, -0.2) is 0 Å². The third-order valence-electron chi connectivity index (χ3n) is 5.03. The lowest BCUT2D eigenvalue weighted by Crippen LogP contribution is -2.49. The summed E-state index contributed by atoms with van der Waals surface area (Å²) in [6.45, 7) is 14.4. The zero-order valence-corrected chi connectivity index (χ0v) is 19.6. The van der Waals surface area contributed by atoms with E-state index >= 15 is 0 Å². The Bertz CT molecular complexity index is 625. The molecule has 0 spiro atoms. The molecule has 176 valence electrons. The molecule has 7 atom stereocenters. The number of phosphoric acid groups is 1. The van der Waals surface area contributed by atoms with Crippen LogP contribution in [-0.4, -0.2) is 66.6 Å². The molecule has 0 aromatic rings. The van der Waals surface area contributed by atoms with E-state index in [1.165, 1.54) is 0 Å². The molecule has 9 nitrogen and oxygen atoms in total. The van der Waals surface area contributed by atoms with Crippen LogP contribution in [0.1, 0.15) is 54.4 Å². The maximum atomic E-state index is 12.7. The molecular weight excluding hydrogens is 415 g/mol. The summed E-state index contributed by atoms with van der Waals surface area (Å²) in [5.74, 6) is -0.0941. The van der Waals surface area contributed by atoms with E-state index in [-0.39, 0.29) is 49.3 Å². The summed E-state index contributed by atoms with van der Waals surface area (Å²) in [5.41, 5.74) is -1.30. The summed E-state index contributed by atoms with van der Waals surface area (Å²) in [4.78, 5) is 12.7. The maximum absolute atomic E-state index is 12.7. The summed E-state index contributed by atoms with van der Waals surface area (Å²) in [6.07, 6.45) is -1.80. The minimum absolute atomic E-state index is 0.00925. The molecule has 10 heteroatoms. The van der Waals surface area contributed by atoms with E-state index in [2.05, 4.69) is 6.58 Å². The smallest absolute Gasteiger partial charge is 0.319 e. The second-order valence-electron chi connectivity index (χ2n) is 8.67. The highest BCUT2D eigenvalue weighted by Gasteiger charge is 2.50. The molecule has 0 aliphatic carbocycles. The van der Waals surface area contributed by atoms with Gasteiger partial charge >= 0.3 is 7.82 Å². The van der Waals surface area contributed by atoms with Crippen LogP contribution in [0.15, 0.2) is 12.3 Å². The minimum Gasteiger partial charge on any atom is -0.746 e. The first-order valence-electron chi connectivity index (χ1n) is 10.5. The fraction of sp³-hybridized carbons (Fsp3) is 0.900. The average molecular weight is 451 g/mol. The van der Waals surface area contributed by atoms with Gasteiger partial charge in [-0.15, -0.1) is 0 Å². The molecule has 0 aromatic carbocycles. The predicted molar refractivity (Wildman–Crippen MR) is 108 cm³/mol. The Labute approximate surface area is 179 Å². The number of phosphoric ester groups is 1. The van der Waals surface area contributed by atoms with Crippen molar-refractivity contribution >= 4 is 7.82 Å². The van der Waals surface area contributed by atoms with Crippen LogP contribution in [0.25, 0.3) is 0 Å². The molecule has 2 saturated heterocycles. The van der Waals surface area contributed by atoms with E-state index < -0.39 is 32.2 Å². The van der Waals surface area contributed by atoms with E-state index in [9.17, 15) is 14.6 Å². The number of hydrogen-bond donors (Lipinski definition) is 1. The number of ether oxygens (including phenoxy) is 4. The van der Waals surface area contributed by atoms with Crippen LogP contribution in [0.3, 0.4) is 0 Å². The highest BCUT2D eigenvalue weighted by Crippen LogP contribution is 2.49. The molecule has 0 amide bonds. The van der Waals surface area contributed by atoms with Crippen molar-refractivity contribution in [3.8, 4) is 0 Å². The van der Waals surface area contributed by atoms with E-state index in [4.69, 9.17) is 28.0 Å². The second-order valence-corrected chi connectivity index (χ2v) is 9.96. The van der Waals surface area contributed by atoms with Crippen molar-refractivity contribution in [3.05, 3.63) is 12.3 Å². The van der Waals surface area contributed by atoms with Crippen LogP contribution in [-0.2, 0) is 32.6 Å². The van der Waals surface area contributed by atoms with Gasteiger partial charge in [-0.3, -0.25) is 4.57 Å². The van der Waals surface area contributed by atoms with Crippen LogP contribution in [0.2, 0.25) is 0 Å². The van der Waals surface area contributed by atoms with Crippen LogP contribution in [0.4, 0.5) is 0 Å². The number of aliphatic hydroxyl groups excluding tert-OH is 1. The standard InChI is InChI=1S/C20H37O9P/c1-12(2)24-11-20(10-21)18(9-15(6)27-20)29-30(22,23)28-16(7)19-17(25-13(3)4)8-14(5)26-19/h12-15,17-19,21H,7-11H2,1-6H3,(H,22,23)/p-1. The third kappa shape index (κ3) is 6.74. The normalized spacial score (nSPS) is 36.4. The van der Waals surface area contributed by atoms with E-state index in [0.717, 1.165) is 0 Å². The molecule has 2 fully saturated rings. The Morgan fingerprint density at radius 1 is 1.23 bits per heavy atom. The Morgan fingerprint density at radius 3 is 2.47 bits per heavy atom. The van der Waals surface area contributed by atoms with Gasteiger partial charge in [0.15, 0.2) is 0 Å². The molecular formula is C20H36O9P-. The lowest BCUT2D eigenvalue weighted by atomic mass is 9.98. The fourth-order valence-electron chi connectivity index (χ4n) is 3.78. The SMILES string of the molecule is C=C(OP(=O)([O-])OC1CC(C)OC1(CO)COC(C)C)C1OC(C)CC1OC(C)C. The van der Waals surface area contributed by atoms with Crippen molar-refractivity contribution in [1.29, 1.82) is 0 Å². The van der Waals surface area contributed by atoms with Gasteiger partial charge in [0.25, 0.3) is 0 Å². The molecule has 0 aromatic heterocycles. The molecule has 7 unspecified atom stereocenters. The van der Waals surface area contributed by atoms with Gasteiger partial charge in [-0.2, -0.15) is 0 Å². The van der Waals surface area contributed by atoms with Gasteiger partial charge in [0, 0.05) is 12.8 Å². The molecule has 1 N–H and O–H groups in total. The lowest BCUT2D eigenvalue weighted by molar-refractivity contribution is -0.236. The summed E-state index contributed by atoms with van der Waals surface area (Å²) in [6, 6.07) is 0. The first kappa shape index (κ1) is 25.7. The first-order chi connectivity index (χ1) is 13.9. The molecule has 30 heavy (non-hydrogen) atoms. The molecule has 2 aliphatic rings. The number of hydrogen-bond acceptors (Lipinski definition) is 9. The van der Waals surface area contributed by atoms with Gasteiger partial charge in [-0.1, -0.05) is 6.58 Å². The Kier molecular flexibility index (Phi) is 8.93. The van der Waals surface area contributed by atoms with Crippen molar-refractivity contribution in [2.45, 2.75) is 103 Å². The Hall–Kier alpha value is -0.510. The summed E-state index contributed by atoms with van der Waals surface area (Å²) in [7, 11) is -4.83. The van der Waals surface area contributed by atoms with Crippen molar-refractivity contribution in [1.82, 2.24) is 0 Å². The quantitative estimate of drug-likeness (QED) is 0.373. The van der Waals surface area contributed by atoms with Crippen LogP contribution < -0.4 is 4.89 Å². The van der Waals surface area contributed by atoms with Crippen molar-refractivity contribution in [2.24, 2.45) is 0 Å². The Balaban J connectivity index is 2.07. The minimum atomic E-state index is -4.83. The van der Waals surface area contributed by atoms with E-state index in [1.807, 2.05) is 34.6 Å². The average Bonchev–Trinajstić information content (AvgIpc) is 3.11. The molecule has 0 bridgehead atoms. The van der Waals surface area contributed by atoms with Crippen LogP contribution in [0, 0.1) is 0 Å². The largest absolute Gasteiger partial charge is 0.746 e. The lowest BCUT2D eigenvalue weighted by Gasteiger charge is -2.36. The molecule has 0 saturated carbocycles. The summed E-state index contributed by atoms with van der Waals surface area (Å²) in [5, 5.41) is 9.95.